The lowest BCUT2D eigenvalue weighted by atomic mass is 10.1. The van der Waals surface area contributed by atoms with E-state index < -0.39 is 4.92 Å². The van der Waals surface area contributed by atoms with Crippen molar-refractivity contribution in [1.82, 2.24) is 14.7 Å². The summed E-state index contributed by atoms with van der Waals surface area (Å²) in [6, 6.07) is 0. The van der Waals surface area contributed by atoms with Crippen LogP contribution in [0.25, 0.3) is 4.96 Å². The lowest BCUT2D eigenvalue weighted by molar-refractivity contribution is -0.391. The molecule has 1 N–H and O–H groups in total. The van der Waals surface area contributed by atoms with Crippen molar-refractivity contribution < 1.29 is 9.66 Å². The van der Waals surface area contributed by atoms with E-state index in [0.29, 0.717) is 4.96 Å². The van der Waals surface area contributed by atoms with E-state index in [-0.39, 0.29) is 17.8 Å². The predicted octanol–water partition coefficient (Wildman–Crippen LogP) is 1.43. The first-order valence-electron chi connectivity index (χ1n) is 5.73. The zero-order valence-electron chi connectivity index (χ0n) is 9.54. The minimum absolute atomic E-state index is 0.00885. The molecule has 0 spiro atoms. The standard InChI is InChI=1S/C10H12N4O3S/c15-14(16)9-8(12-10-13(9)5-6-18-10)17-7-1-3-11-4-2-7/h5-7,11H,1-4H2. The highest BCUT2D eigenvalue weighted by Crippen LogP contribution is 2.31. The molecule has 0 unspecified atom stereocenters. The van der Waals surface area contributed by atoms with Crippen molar-refractivity contribution in [3.05, 3.63) is 21.7 Å². The smallest absolute Gasteiger partial charge is 0.393 e. The molecule has 0 aliphatic carbocycles. The van der Waals surface area contributed by atoms with Gasteiger partial charge in [-0.25, -0.2) is 0 Å². The van der Waals surface area contributed by atoms with Crippen molar-refractivity contribution in [3.8, 4) is 5.88 Å². The van der Waals surface area contributed by atoms with Crippen LogP contribution in [-0.2, 0) is 0 Å². The summed E-state index contributed by atoms with van der Waals surface area (Å²) in [5, 5.41) is 16.1. The molecule has 0 atom stereocenters. The fraction of sp³-hybridized carbons (Fsp3) is 0.500. The fourth-order valence-electron chi connectivity index (χ4n) is 2.07. The highest BCUT2D eigenvalue weighted by atomic mass is 32.1. The lowest BCUT2D eigenvalue weighted by Crippen LogP contribution is -2.34. The van der Waals surface area contributed by atoms with E-state index >= 15 is 0 Å². The summed E-state index contributed by atoms with van der Waals surface area (Å²) in [6.07, 6.45) is 3.35. The van der Waals surface area contributed by atoms with Crippen LogP contribution in [0.2, 0.25) is 0 Å². The first-order valence-corrected chi connectivity index (χ1v) is 6.61. The average Bonchev–Trinajstić information content (AvgIpc) is 2.89. The van der Waals surface area contributed by atoms with Gasteiger partial charge in [0.15, 0.2) is 0 Å². The molecule has 8 heteroatoms. The molecule has 0 saturated carbocycles. The minimum atomic E-state index is -0.441. The summed E-state index contributed by atoms with van der Waals surface area (Å²) in [7, 11) is 0. The number of nitro groups is 1. The maximum absolute atomic E-state index is 11.1. The zero-order chi connectivity index (χ0) is 12.5. The number of hydrogen-bond donors (Lipinski definition) is 1. The van der Waals surface area contributed by atoms with E-state index in [4.69, 9.17) is 4.74 Å². The minimum Gasteiger partial charge on any atom is -0.468 e. The molecule has 7 nitrogen and oxygen atoms in total. The van der Waals surface area contributed by atoms with Crippen molar-refractivity contribution in [1.29, 1.82) is 0 Å². The third-order valence-electron chi connectivity index (χ3n) is 2.94. The molecule has 3 heterocycles. The number of ether oxygens (including phenoxy) is 1. The average molecular weight is 268 g/mol. The fourth-order valence-corrected chi connectivity index (χ4v) is 2.77. The molecule has 0 aromatic carbocycles. The Hall–Kier alpha value is -1.67. The van der Waals surface area contributed by atoms with Crippen molar-refractivity contribution in [3.63, 3.8) is 0 Å². The van der Waals surface area contributed by atoms with Crippen LogP contribution in [0.3, 0.4) is 0 Å². The number of nitrogens with zero attached hydrogens (tertiary/aromatic N) is 3. The number of piperidine rings is 1. The molecule has 0 amide bonds. The van der Waals surface area contributed by atoms with Crippen molar-refractivity contribution in [2.75, 3.05) is 13.1 Å². The predicted molar refractivity (Wildman–Crippen MR) is 66.2 cm³/mol. The van der Waals surface area contributed by atoms with Crippen molar-refractivity contribution >= 4 is 22.1 Å². The van der Waals surface area contributed by atoms with Gasteiger partial charge in [0.1, 0.15) is 12.3 Å². The molecule has 1 fully saturated rings. The van der Waals surface area contributed by atoms with E-state index in [9.17, 15) is 10.1 Å². The van der Waals surface area contributed by atoms with Gasteiger partial charge in [-0.3, -0.25) is 0 Å². The second-order valence-electron chi connectivity index (χ2n) is 4.12. The summed E-state index contributed by atoms with van der Waals surface area (Å²) in [5.41, 5.74) is 0. The van der Waals surface area contributed by atoms with Crippen LogP contribution < -0.4 is 10.1 Å². The van der Waals surface area contributed by atoms with Crippen LogP contribution in [-0.4, -0.2) is 33.5 Å². The maximum Gasteiger partial charge on any atom is 0.393 e. The molecule has 3 rings (SSSR count). The second kappa shape index (κ2) is 4.54. The molecule has 1 aliphatic heterocycles. The van der Waals surface area contributed by atoms with Crippen LogP contribution >= 0.6 is 11.3 Å². The van der Waals surface area contributed by atoms with Gasteiger partial charge in [0.05, 0.1) is 0 Å². The summed E-state index contributed by atoms with van der Waals surface area (Å²) in [4.78, 5) is 15.4. The highest BCUT2D eigenvalue weighted by Gasteiger charge is 2.27. The number of imidazole rings is 1. The molecule has 2 aromatic heterocycles. The number of aromatic nitrogens is 2. The van der Waals surface area contributed by atoms with E-state index in [1.165, 1.54) is 15.7 Å². The Kier molecular flexibility index (Phi) is 2.88. The number of nitrogens with one attached hydrogen (secondary N) is 1. The Morgan fingerprint density at radius 1 is 1.56 bits per heavy atom. The third-order valence-corrected chi connectivity index (χ3v) is 3.70. The molecular formula is C10H12N4O3S. The van der Waals surface area contributed by atoms with E-state index in [1.54, 1.807) is 11.6 Å². The van der Waals surface area contributed by atoms with Gasteiger partial charge in [0, 0.05) is 5.38 Å². The molecular weight excluding hydrogens is 256 g/mol. The third kappa shape index (κ3) is 1.93. The Bertz CT molecular complexity index is 573. The van der Waals surface area contributed by atoms with Gasteiger partial charge in [-0.1, -0.05) is 11.3 Å². The molecule has 96 valence electrons. The summed E-state index contributed by atoms with van der Waals surface area (Å²) >= 11 is 1.36. The Labute approximate surface area is 107 Å². The number of rotatable bonds is 3. The van der Waals surface area contributed by atoms with E-state index in [2.05, 4.69) is 10.3 Å². The van der Waals surface area contributed by atoms with Gasteiger partial charge in [0.2, 0.25) is 0 Å². The number of fused-ring (bicyclic) bond motifs is 1. The van der Waals surface area contributed by atoms with Crippen LogP contribution in [0.5, 0.6) is 5.88 Å². The summed E-state index contributed by atoms with van der Waals surface area (Å²) in [6.45, 7) is 1.75. The van der Waals surface area contributed by atoms with Crippen LogP contribution in [0.1, 0.15) is 12.8 Å². The topological polar surface area (TPSA) is 81.7 Å². The molecule has 18 heavy (non-hydrogen) atoms. The largest absolute Gasteiger partial charge is 0.468 e. The quantitative estimate of drug-likeness (QED) is 0.672. The van der Waals surface area contributed by atoms with Gasteiger partial charge in [0.25, 0.3) is 4.96 Å². The Morgan fingerprint density at radius 2 is 2.33 bits per heavy atom. The normalized spacial score (nSPS) is 17.1. The van der Waals surface area contributed by atoms with Gasteiger partial charge in [-0.05, 0) is 30.9 Å². The molecule has 0 radical (unpaired) electrons. The zero-order valence-corrected chi connectivity index (χ0v) is 10.4. The lowest BCUT2D eigenvalue weighted by Gasteiger charge is -2.22. The molecule has 1 aliphatic rings. The first kappa shape index (κ1) is 11.4. The van der Waals surface area contributed by atoms with E-state index in [1.807, 2.05) is 0 Å². The van der Waals surface area contributed by atoms with Crippen molar-refractivity contribution in [2.24, 2.45) is 0 Å². The molecule has 0 bridgehead atoms. The van der Waals surface area contributed by atoms with Gasteiger partial charge in [-0.15, -0.1) is 0 Å². The molecule has 2 aromatic rings. The SMILES string of the molecule is O=[N+]([O-])c1c(OC2CCNCC2)nc2sccn12. The number of hydrogen-bond acceptors (Lipinski definition) is 6. The Balaban J connectivity index is 1.92. The van der Waals surface area contributed by atoms with Gasteiger partial charge in [-0.2, -0.15) is 9.38 Å². The van der Waals surface area contributed by atoms with E-state index in [0.717, 1.165) is 25.9 Å². The van der Waals surface area contributed by atoms with Crippen LogP contribution in [0.15, 0.2) is 11.6 Å². The number of thiazole rings is 1. The van der Waals surface area contributed by atoms with Gasteiger partial charge < -0.3 is 20.2 Å². The molecule has 1 saturated heterocycles. The first-order chi connectivity index (χ1) is 8.75. The Morgan fingerprint density at radius 3 is 3.06 bits per heavy atom. The summed E-state index contributed by atoms with van der Waals surface area (Å²) < 4.78 is 7.14. The van der Waals surface area contributed by atoms with Crippen LogP contribution in [0.4, 0.5) is 5.82 Å². The van der Waals surface area contributed by atoms with Crippen LogP contribution in [0, 0.1) is 10.1 Å². The monoisotopic (exact) mass is 268 g/mol. The van der Waals surface area contributed by atoms with Gasteiger partial charge >= 0.3 is 11.7 Å². The van der Waals surface area contributed by atoms with Crippen molar-refractivity contribution in [2.45, 2.75) is 18.9 Å². The highest BCUT2D eigenvalue weighted by molar-refractivity contribution is 7.15. The second-order valence-corrected chi connectivity index (χ2v) is 4.99. The summed E-state index contributed by atoms with van der Waals surface area (Å²) in [5.74, 6) is 0.0588. The maximum atomic E-state index is 11.1.